The maximum Gasteiger partial charge on any atom is 0.234 e. The molecule has 134 valence electrons. The summed E-state index contributed by atoms with van der Waals surface area (Å²) in [5.41, 5.74) is 4.17. The Labute approximate surface area is 159 Å². The van der Waals surface area contributed by atoms with Gasteiger partial charge in [-0.2, -0.15) is 9.61 Å². The summed E-state index contributed by atoms with van der Waals surface area (Å²) in [6, 6.07) is 15.2. The maximum atomic E-state index is 12.2. The molecule has 3 aromatic heterocycles. The Morgan fingerprint density at radius 2 is 2.07 bits per heavy atom. The maximum absolute atomic E-state index is 12.2. The highest BCUT2D eigenvalue weighted by molar-refractivity contribution is 7.99. The predicted octanol–water partition coefficient (Wildman–Crippen LogP) is 3.23. The zero-order valence-electron chi connectivity index (χ0n) is 14.5. The highest BCUT2D eigenvalue weighted by Crippen LogP contribution is 2.20. The zero-order chi connectivity index (χ0) is 18.6. The van der Waals surface area contributed by atoms with Gasteiger partial charge in [0, 0.05) is 23.6 Å². The molecule has 0 spiro atoms. The molecular formula is C19H16N6OS. The van der Waals surface area contributed by atoms with E-state index in [0.29, 0.717) is 10.8 Å². The van der Waals surface area contributed by atoms with E-state index in [2.05, 4.69) is 25.6 Å². The molecule has 0 saturated carbocycles. The summed E-state index contributed by atoms with van der Waals surface area (Å²) in [5, 5.41) is 16.3. The fourth-order valence-electron chi connectivity index (χ4n) is 2.58. The molecule has 0 unspecified atom stereocenters. The summed E-state index contributed by atoms with van der Waals surface area (Å²) in [5.74, 6) is 0.110. The number of aromatic nitrogens is 5. The number of carbonyl (C=O) groups is 1. The minimum absolute atomic E-state index is 0.106. The van der Waals surface area contributed by atoms with Crippen molar-refractivity contribution < 1.29 is 4.79 Å². The zero-order valence-corrected chi connectivity index (χ0v) is 15.3. The predicted molar refractivity (Wildman–Crippen MR) is 105 cm³/mol. The van der Waals surface area contributed by atoms with Gasteiger partial charge in [-0.05, 0) is 48.9 Å². The second-order valence-electron chi connectivity index (χ2n) is 5.92. The standard InChI is InChI=1S/C19H16N6OS/c1-13-4-2-6-15(10-13)21-18(26)12-27-19-23-22-17-8-7-16(24-25(17)19)14-5-3-9-20-11-14/h2-11H,12H2,1H3,(H,21,26). The van der Waals surface area contributed by atoms with Crippen LogP contribution in [0.15, 0.2) is 66.1 Å². The number of carbonyl (C=O) groups excluding carboxylic acids is 1. The van der Waals surface area contributed by atoms with Crippen molar-refractivity contribution in [1.29, 1.82) is 0 Å². The molecule has 0 aliphatic carbocycles. The largest absolute Gasteiger partial charge is 0.325 e. The molecular weight excluding hydrogens is 360 g/mol. The average Bonchev–Trinajstić information content (AvgIpc) is 3.09. The Morgan fingerprint density at radius 1 is 1.15 bits per heavy atom. The normalized spacial score (nSPS) is 10.9. The molecule has 0 atom stereocenters. The van der Waals surface area contributed by atoms with Gasteiger partial charge in [0.15, 0.2) is 5.65 Å². The number of aryl methyl sites for hydroxylation is 1. The first-order valence-corrected chi connectivity index (χ1v) is 9.30. The molecule has 0 bridgehead atoms. The summed E-state index contributed by atoms with van der Waals surface area (Å²) in [6.07, 6.45) is 3.47. The van der Waals surface area contributed by atoms with Crippen LogP contribution in [0.2, 0.25) is 0 Å². The Kier molecular flexibility index (Phi) is 4.80. The summed E-state index contributed by atoms with van der Waals surface area (Å²) >= 11 is 1.29. The van der Waals surface area contributed by atoms with Crippen LogP contribution >= 0.6 is 11.8 Å². The number of nitrogens with zero attached hydrogens (tertiary/aromatic N) is 5. The van der Waals surface area contributed by atoms with E-state index in [1.54, 1.807) is 16.9 Å². The molecule has 27 heavy (non-hydrogen) atoms. The first-order chi connectivity index (χ1) is 13.2. The van der Waals surface area contributed by atoms with E-state index in [-0.39, 0.29) is 11.7 Å². The molecule has 0 radical (unpaired) electrons. The smallest absolute Gasteiger partial charge is 0.234 e. The van der Waals surface area contributed by atoms with E-state index >= 15 is 0 Å². The number of rotatable bonds is 5. The number of fused-ring (bicyclic) bond motifs is 1. The summed E-state index contributed by atoms with van der Waals surface area (Å²) in [6.45, 7) is 1.98. The summed E-state index contributed by atoms with van der Waals surface area (Å²) in [7, 11) is 0. The third-order valence-electron chi connectivity index (χ3n) is 3.83. The minimum atomic E-state index is -0.106. The van der Waals surface area contributed by atoms with Gasteiger partial charge in [0.2, 0.25) is 11.1 Å². The van der Waals surface area contributed by atoms with Crippen molar-refractivity contribution in [3.05, 3.63) is 66.5 Å². The molecule has 1 aromatic carbocycles. The number of pyridine rings is 1. The van der Waals surface area contributed by atoms with Crippen molar-refractivity contribution in [2.24, 2.45) is 0 Å². The lowest BCUT2D eigenvalue weighted by Gasteiger charge is -2.05. The lowest BCUT2D eigenvalue weighted by atomic mass is 10.2. The second-order valence-corrected chi connectivity index (χ2v) is 6.86. The van der Waals surface area contributed by atoms with E-state index < -0.39 is 0 Å². The summed E-state index contributed by atoms with van der Waals surface area (Å²) in [4.78, 5) is 16.3. The van der Waals surface area contributed by atoms with Crippen molar-refractivity contribution in [3.8, 4) is 11.3 Å². The van der Waals surface area contributed by atoms with E-state index in [1.807, 2.05) is 55.5 Å². The van der Waals surface area contributed by atoms with Crippen LogP contribution in [0.3, 0.4) is 0 Å². The van der Waals surface area contributed by atoms with Gasteiger partial charge in [-0.1, -0.05) is 23.9 Å². The van der Waals surface area contributed by atoms with Crippen molar-refractivity contribution in [3.63, 3.8) is 0 Å². The second kappa shape index (κ2) is 7.55. The van der Waals surface area contributed by atoms with Gasteiger partial charge in [-0.3, -0.25) is 9.78 Å². The lowest BCUT2D eigenvalue weighted by molar-refractivity contribution is -0.113. The average molecular weight is 376 g/mol. The molecule has 0 saturated heterocycles. The van der Waals surface area contributed by atoms with Crippen LogP contribution in [0.25, 0.3) is 16.9 Å². The van der Waals surface area contributed by atoms with Crippen molar-refractivity contribution >= 4 is 29.0 Å². The van der Waals surface area contributed by atoms with Gasteiger partial charge in [0.25, 0.3) is 0 Å². The lowest BCUT2D eigenvalue weighted by Crippen LogP contribution is -2.14. The van der Waals surface area contributed by atoms with E-state index in [0.717, 1.165) is 22.5 Å². The Morgan fingerprint density at radius 3 is 2.89 bits per heavy atom. The number of hydrogen-bond donors (Lipinski definition) is 1. The highest BCUT2D eigenvalue weighted by atomic mass is 32.2. The molecule has 8 heteroatoms. The number of amides is 1. The number of hydrogen-bond acceptors (Lipinski definition) is 6. The molecule has 1 amide bonds. The number of thioether (sulfide) groups is 1. The topological polar surface area (TPSA) is 85.1 Å². The van der Waals surface area contributed by atoms with Crippen molar-refractivity contribution in [1.82, 2.24) is 24.8 Å². The van der Waals surface area contributed by atoms with Crippen molar-refractivity contribution in [2.75, 3.05) is 11.1 Å². The number of anilines is 1. The Balaban J connectivity index is 1.49. The minimum Gasteiger partial charge on any atom is -0.325 e. The van der Waals surface area contributed by atoms with Crippen molar-refractivity contribution in [2.45, 2.75) is 12.1 Å². The fraction of sp³-hybridized carbons (Fsp3) is 0.105. The third-order valence-corrected chi connectivity index (χ3v) is 4.75. The van der Waals surface area contributed by atoms with Gasteiger partial charge in [0.05, 0.1) is 11.4 Å². The van der Waals surface area contributed by atoms with Crippen LogP contribution in [-0.2, 0) is 4.79 Å². The molecule has 0 fully saturated rings. The van der Waals surface area contributed by atoms with Gasteiger partial charge in [-0.25, -0.2) is 0 Å². The molecule has 7 nitrogen and oxygen atoms in total. The Bertz CT molecular complexity index is 1100. The monoisotopic (exact) mass is 376 g/mol. The van der Waals surface area contributed by atoms with Gasteiger partial charge >= 0.3 is 0 Å². The van der Waals surface area contributed by atoms with E-state index in [1.165, 1.54) is 11.8 Å². The number of nitrogens with one attached hydrogen (secondary N) is 1. The SMILES string of the molecule is Cc1cccc(NC(=O)CSc2nnc3ccc(-c4cccnc4)nn23)c1. The van der Waals surface area contributed by atoms with Crippen LogP contribution in [-0.4, -0.2) is 36.5 Å². The molecule has 4 rings (SSSR count). The van der Waals surface area contributed by atoms with Gasteiger partial charge in [0.1, 0.15) is 0 Å². The molecule has 3 heterocycles. The van der Waals surface area contributed by atoms with Crippen LogP contribution in [0.4, 0.5) is 5.69 Å². The molecule has 0 aliphatic heterocycles. The Hall–Kier alpha value is -3.26. The molecule has 0 aliphatic rings. The van der Waals surface area contributed by atoms with Crippen LogP contribution in [0, 0.1) is 6.92 Å². The quantitative estimate of drug-likeness (QED) is 0.538. The van der Waals surface area contributed by atoms with Crippen LogP contribution < -0.4 is 5.32 Å². The van der Waals surface area contributed by atoms with E-state index in [9.17, 15) is 4.79 Å². The summed E-state index contributed by atoms with van der Waals surface area (Å²) < 4.78 is 1.65. The van der Waals surface area contributed by atoms with E-state index in [4.69, 9.17) is 0 Å². The third kappa shape index (κ3) is 3.95. The van der Waals surface area contributed by atoms with Crippen LogP contribution in [0.1, 0.15) is 5.56 Å². The van der Waals surface area contributed by atoms with Gasteiger partial charge < -0.3 is 5.32 Å². The fourth-order valence-corrected chi connectivity index (χ4v) is 3.26. The molecule has 1 N–H and O–H groups in total. The first kappa shape index (κ1) is 17.2. The molecule has 4 aromatic rings. The highest BCUT2D eigenvalue weighted by Gasteiger charge is 2.12. The first-order valence-electron chi connectivity index (χ1n) is 8.31. The van der Waals surface area contributed by atoms with Crippen LogP contribution in [0.5, 0.6) is 0 Å². The van der Waals surface area contributed by atoms with Gasteiger partial charge in [-0.15, -0.1) is 10.2 Å². The number of benzene rings is 1.